The summed E-state index contributed by atoms with van der Waals surface area (Å²) in [5.41, 5.74) is 1.92. The van der Waals surface area contributed by atoms with Gasteiger partial charge in [-0.1, -0.05) is 38.1 Å². The fraction of sp³-hybridized carbons (Fsp3) is 0.538. The number of alkyl halides is 1. The van der Waals surface area contributed by atoms with Crippen LogP contribution in [0.1, 0.15) is 43.4 Å². The lowest BCUT2D eigenvalue weighted by Crippen LogP contribution is -2.18. The number of benzene rings is 1. The summed E-state index contributed by atoms with van der Waals surface area (Å²) in [4.78, 5) is 0. The largest absolute Gasteiger partial charge is 0.390 e. The first-order valence-electron chi connectivity index (χ1n) is 5.58. The molecule has 1 aromatic carbocycles. The Balaban J connectivity index is 2.82. The number of halogens is 1. The lowest BCUT2D eigenvalue weighted by atomic mass is 9.96. The number of hydrogen-bond acceptors (Lipinski definition) is 2. The Labute approximate surface area is 102 Å². The highest BCUT2D eigenvalue weighted by molar-refractivity contribution is 6.17. The zero-order valence-corrected chi connectivity index (χ0v) is 10.5. The van der Waals surface area contributed by atoms with E-state index in [9.17, 15) is 10.2 Å². The van der Waals surface area contributed by atoms with Crippen LogP contribution in [0.3, 0.4) is 0 Å². The van der Waals surface area contributed by atoms with E-state index in [1.54, 1.807) is 0 Å². The monoisotopic (exact) mass is 242 g/mol. The molecule has 0 spiro atoms. The molecule has 0 aromatic heterocycles. The molecule has 90 valence electrons. The van der Waals surface area contributed by atoms with Crippen LogP contribution in [0, 0.1) is 0 Å². The maximum absolute atomic E-state index is 9.92. The van der Waals surface area contributed by atoms with E-state index in [4.69, 9.17) is 11.6 Å². The fourth-order valence-electron chi connectivity index (χ4n) is 1.59. The van der Waals surface area contributed by atoms with Crippen LogP contribution in [0.15, 0.2) is 24.3 Å². The SMILES string of the molecule is CC(C)c1cccc(C(O)C(O)CCCl)c1. The van der Waals surface area contributed by atoms with Gasteiger partial charge in [0.25, 0.3) is 0 Å². The number of aliphatic hydroxyl groups excluding tert-OH is 2. The van der Waals surface area contributed by atoms with Crippen molar-refractivity contribution in [2.75, 3.05) is 5.88 Å². The first-order chi connectivity index (χ1) is 7.56. The third-order valence-corrected chi connectivity index (χ3v) is 2.91. The number of aliphatic hydroxyl groups is 2. The van der Waals surface area contributed by atoms with Crippen LogP contribution in [-0.2, 0) is 0 Å². The van der Waals surface area contributed by atoms with Gasteiger partial charge in [-0.2, -0.15) is 0 Å². The zero-order valence-electron chi connectivity index (χ0n) is 9.73. The number of hydrogen-bond donors (Lipinski definition) is 2. The first-order valence-corrected chi connectivity index (χ1v) is 6.11. The Bertz CT molecular complexity index is 325. The molecule has 16 heavy (non-hydrogen) atoms. The van der Waals surface area contributed by atoms with Gasteiger partial charge in [-0.25, -0.2) is 0 Å². The van der Waals surface area contributed by atoms with E-state index < -0.39 is 12.2 Å². The van der Waals surface area contributed by atoms with Crippen molar-refractivity contribution in [2.24, 2.45) is 0 Å². The van der Waals surface area contributed by atoms with E-state index in [2.05, 4.69) is 13.8 Å². The Morgan fingerprint density at radius 1 is 1.19 bits per heavy atom. The molecule has 0 aliphatic rings. The molecule has 2 unspecified atom stereocenters. The van der Waals surface area contributed by atoms with Crippen LogP contribution in [0.4, 0.5) is 0 Å². The van der Waals surface area contributed by atoms with E-state index in [1.807, 2.05) is 24.3 Å². The van der Waals surface area contributed by atoms with Crippen LogP contribution in [0.5, 0.6) is 0 Å². The minimum Gasteiger partial charge on any atom is -0.390 e. The molecule has 0 radical (unpaired) electrons. The Morgan fingerprint density at radius 3 is 2.38 bits per heavy atom. The Morgan fingerprint density at radius 2 is 1.81 bits per heavy atom. The molecule has 0 fully saturated rings. The summed E-state index contributed by atoms with van der Waals surface area (Å²) in [6.45, 7) is 4.20. The average Bonchev–Trinajstić information content (AvgIpc) is 2.28. The van der Waals surface area contributed by atoms with Gasteiger partial charge in [-0.3, -0.25) is 0 Å². The van der Waals surface area contributed by atoms with Crippen molar-refractivity contribution in [1.29, 1.82) is 0 Å². The van der Waals surface area contributed by atoms with Gasteiger partial charge in [-0.15, -0.1) is 11.6 Å². The van der Waals surface area contributed by atoms with Gasteiger partial charge in [0.1, 0.15) is 6.10 Å². The fourth-order valence-corrected chi connectivity index (χ4v) is 1.82. The highest BCUT2D eigenvalue weighted by Gasteiger charge is 2.18. The van der Waals surface area contributed by atoms with E-state index in [0.717, 1.165) is 11.1 Å². The minimum atomic E-state index is -0.850. The van der Waals surface area contributed by atoms with Crippen molar-refractivity contribution >= 4 is 11.6 Å². The maximum atomic E-state index is 9.92. The summed E-state index contributed by atoms with van der Waals surface area (Å²) in [5.74, 6) is 0.763. The molecule has 1 aromatic rings. The summed E-state index contributed by atoms with van der Waals surface area (Å²) < 4.78 is 0. The van der Waals surface area contributed by atoms with E-state index >= 15 is 0 Å². The van der Waals surface area contributed by atoms with Crippen molar-refractivity contribution in [3.05, 3.63) is 35.4 Å². The van der Waals surface area contributed by atoms with Crippen molar-refractivity contribution in [3.63, 3.8) is 0 Å². The second kappa shape index (κ2) is 6.24. The predicted molar refractivity (Wildman–Crippen MR) is 66.8 cm³/mol. The molecule has 0 amide bonds. The molecule has 0 saturated carbocycles. The molecule has 1 rings (SSSR count). The Kier molecular flexibility index (Phi) is 5.26. The van der Waals surface area contributed by atoms with Crippen molar-refractivity contribution in [2.45, 2.75) is 38.4 Å². The van der Waals surface area contributed by atoms with E-state index in [-0.39, 0.29) is 0 Å². The second-order valence-corrected chi connectivity index (χ2v) is 4.69. The molecule has 2 N–H and O–H groups in total. The summed E-state index contributed by atoms with van der Waals surface area (Å²) in [6.07, 6.45) is -1.24. The lowest BCUT2D eigenvalue weighted by molar-refractivity contribution is 0.0169. The third-order valence-electron chi connectivity index (χ3n) is 2.69. The lowest BCUT2D eigenvalue weighted by Gasteiger charge is -2.18. The molecule has 0 bridgehead atoms. The molecule has 2 nitrogen and oxygen atoms in total. The Hall–Kier alpha value is -0.570. The van der Waals surface area contributed by atoms with Gasteiger partial charge in [0.15, 0.2) is 0 Å². The smallest absolute Gasteiger partial charge is 0.105 e. The van der Waals surface area contributed by atoms with Gasteiger partial charge in [-0.05, 0) is 23.5 Å². The predicted octanol–water partition coefficient (Wildman–Crippen LogP) is 2.83. The molecular formula is C13H19ClO2. The van der Waals surface area contributed by atoms with E-state index in [0.29, 0.717) is 18.2 Å². The first kappa shape index (κ1) is 13.5. The molecule has 0 aliphatic carbocycles. The van der Waals surface area contributed by atoms with E-state index in [1.165, 1.54) is 0 Å². The van der Waals surface area contributed by atoms with Gasteiger partial charge >= 0.3 is 0 Å². The quantitative estimate of drug-likeness (QED) is 0.780. The second-order valence-electron chi connectivity index (χ2n) is 4.31. The number of rotatable bonds is 5. The van der Waals surface area contributed by atoms with Gasteiger partial charge in [0.2, 0.25) is 0 Å². The van der Waals surface area contributed by atoms with Gasteiger partial charge in [0, 0.05) is 5.88 Å². The molecule has 0 saturated heterocycles. The summed E-state index contributed by atoms with van der Waals surface area (Å²) in [7, 11) is 0. The highest BCUT2D eigenvalue weighted by atomic mass is 35.5. The van der Waals surface area contributed by atoms with Crippen LogP contribution < -0.4 is 0 Å². The topological polar surface area (TPSA) is 40.5 Å². The van der Waals surface area contributed by atoms with Crippen LogP contribution in [0.25, 0.3) is 0 Å². The summed E-state index contributed by atoms with van der Waals surface area (Å²) in [5, 5.41) is 19.6. The maximum Gasteiger partial charge on any atom is 0.105 e. The minimum absolute atomic E-state index is 0.349. The van der Waals surface area contributed by atoms with Crippen LogP contribution in [-0.4, -0.2) is 22.2 Å². The highest BCUT2D eigenvalue weighted by Crippen LogP contribution is 2.23. The third kappa shape index (κ3) is 3.48. The van der Waals surface area contributed by atoms with Crippen molar-refractivity contribution < 1.29 is 10.2 Å². The molecule has 3 heteroatoms. The average molecular weight is 243 g/mol. The van der Waals surface area contributed by atoms with Crippen molar-refractivity contribution in [1.82, 2.24) is 0 Å². The van der Waals surface area contributed by atoms with Crippen molar-refractivity contribution in [3.8, 4) is 0 Å². The molecular weight excluding hydrogens is 224 g/mol. The normalized spacial score (nSPS) is 15.1. The molecule has 0 aliphatic heterocycles. The molecule has 2 atom stereocenters. The van der Waals surface area contributed by atoms with Gasteiger partial charge in [0.05, 0.1) is 6.10 Å². The van der Waals surface area contributed by atoms with Crippen LogP contribution in [0.2, 0.25) is 0 Å². The van der Waals surface area contributed by atoms with Crippen LogP contribution >= 0.6 is 11.6 Å². The standard InChI is InChI=1S/C13H19ClO2/c1-9(2)10-4-3-5-11(8-10)13(16)12(15)6-7-14/h3-5,8-9,12-13,15-16H,6-7H2,1-2H3. The zero-order chi connectivity index (χ0) is 12.1. The summed E-state index contributed by atoms with van der Waals surface area (Å²) in [6, 6.07) is 7.69. The summed E-state index contributed by atoms with van der Waals surface area (Å²) >= 11 is 5.54. The molecule has 0 heterocycles. The van der Waals surface area contributed by atoms with Gasteiger partial charge < -0.3 is 10.2 Å².